The third-order valence-electron chi connectivity index (χ3n) is 2.49. The first-order valence-electron chi connectivity index (χ1n) is 4.37. The van der Waals surface area contributed by atoms with E-state index in [1.54, 1.807) is 28.7 Å². The van der Waals surface area contributed by atoms with Crippen molar-refractivity contribution in [3.8, 4) is 0 Å². The zero-order valence-corrected chi connectivity index (χ0v) is 9.45. The Morgan fingerprint density at radius 2 is 1.64 bits per heavy atom. The van der Waals surface area contributed by atoms with Crippen molar-refractivity contribution < 1.29 is 13.2 Å². The summed E-state index contributed by atoms with van der Waals surface area (Å²) in [6, 6.07) is 2.98. The molecular formula is C10H8F3I. The van der Waals surface area contributed by atoms with Gasteiger partial charge in [-0.25, -0.2) is 0 Å². The fourth-order valence-corrected chi connectivity index (χ4v) is 2.65. The van der Waals surface area contributed by atoms with Crippen LogP contribution in [0.1, 0.15) is 23.1 Å². The zero-order valence-electron chi connectivity index (χ0n) is 7.29. The van der Waals surface area contributed by atoms with Crippen molar-refractivity contribution in [2.45, 2.75) is 25.4 Å². The molecule has 0 saturated heterocycles. The van der Waals surface area contributed by atoms with E-state index in [2.05, 4.69) is 0 Å². The maximum absolute atomic E-state index is 12.5. The van der Waals surface area contributed by atoms with Crippen molar-refractivity contribution in [3.05, 3.63) is 32.4 Å². The molecule has 0 spiro atoms. The summed E-state index contributed by atoms with van der Waals surface area (Å²) in [7, 11) is 0. The van der Waals surface area contributed by atoms with Crippen molar-refractivity contribution in [1.82, 2.24) is 0 Å². The van der Waals surface area contributed by atoms with Crippen LogP contribution in [0.5, 0.6) is 0 Å². The molecule has 0 heterocycles. The van der Waals surface area contributed by atoms with Gasteiger partial charge in [-0.1, -0.05) is 0 Å². The van der Waals surface area contributed by atoms with Gasteiger partial charge in [0, 0.05) is 3.57 Å². The Kier molecular flexibility index (Phi) is 2.49. The highest BCUT2D eigenvalue weighted by molar-refractivity contribution is 14.1. The van der Waals surface area contributed by atoms with Crippen LogP contribution in [0.3, 0.4) is 0 Å². The quantitative estimate of drug-likeness (QED) is 0.639. The van der Waals surface area contributed by atoms with Crippen molar-refractivity contribution in [3.63, 3.8) is 0 Å². The summed E-state index contributed by atoms with van der Waals surface area (Å²) in [5.41, 5.74) is 1.47. The lowest BCUT2D eigenvalue weighted by atomic mass is 10.1. The molecule has 1 aliphatic rings. The molecule has 4 heteroatoms. The number of alkyl halides is 3. The lowest BCUT2D eigenvalue weighted by Crippen LogP contribution is -2.08. The van der Waals surface area contributed by atoms with Gasteiger partial charge in [0.25, 0.3) is 0 Å². The maximum Gasteiger partial charge on any atom is 0.417 e. The van der Waals surface area contributed by atoms with Crippen molar-refractivity contribution >= 4 is 22.6 Å². The van der Waals surface area contributed by atoms with Crippen molar-refractivity contribution in [1.29, 1.82) is 0 Å². The Labute approximate surface area is 93.6 Å². The summed E-state index contributed by atoms with van der Waals surface area (Å²) in [4.78, 5) is 0. The summed E-state index contributed by atoms with van der Waals surface area (Å²) >= 11 is 1.76. The molecule has 0 fully saturated rings. The van der Waals surface area contributed by atoms with E-state index in [9.17, 15) is 13.2 Å². The Morgan fingerprint density at radius 3 is 2.21 bits per heavy atom. The highest BCUT2D eigenvalue weighted by atomic mass is 127. The zero-order chi connectivity index (χ0) is 10.3. The molecule has 0 unspecified atom stereocenters. The molecule has 0 saturated carbocycles. The largest absolute Gasteiger partial charge is 0.417 e. The molecule has 0 amide bonds. The summed E-state index contributed by atoms with van der Waals surface area (Å²) in [6.07, 6.45) is -1.53. The molecular weight excluding hydrogens is 304 g/mol. The molecule has 2 rings (SSSR count). The number of fused-ring (bicyclic) bond motifs is 1. The normalized spacial score (nSPS) is 15.7. The minimum atomic E-state index is -4.21. The third kappa shape index (κ3) is 1.76. The number of hydrogen-bond acceptors (Lipinski definition) is 0. The van der Waals surface area contributed by atoms with E-state index in [-0.39, 0.29) is 0 Å². The molecule has 0 N–H and O–H groups in total. The predicted molar refractivity (Wildman–Crippen MR) is 56.2 cm³/mol. The fraction of sp³-hybridized carbons (Fsp3) is 0.400. The van der Waals surface area contributed by atoms with Gasteiger partial charge in [-0.2, -0.15) is 13.2 Å². The van der Waals surface area contributed by atoms with Gasteiger partial charge in [0.2, 0.25) is 0 Å². The Balaban J connectivity index is 2.53. The molecule has 1 aliphatic carbocycles. The number of benzene rings is 1. The third-order valence-corrected chi connectivity index (χ3v) is 3.38. The van der Waals surface area contributed by atoms with Crippen LogP contribution < -0.4 is 0 Å². The summed E-state index contributed by atoms with van der Waals surface area (Å²) in [5, 5.41) is 0. The van der Waals surface area contributed by atoms with Gasteiger partial charge in [0.05, 0.1) is 5.56 Å². The van der Waals surface area contributed by atoms with Crippen LogP contribution in [0, 0.1) is 3.57 Å². The fourth-order valence-electron chi connectivity index (χ4n) is 1.81. The van der Waals surface area contributed by atoms with Crippen molar-refractivity contribution in [2.24, 2.45) is 0 Å². The van der Waals surface area contributed by atoms with E-state index in [1.807, 2.05) is 0 Å². The second-order valence-electron chi connectivity index (χ2n) is 3.45. The first-order valence-corrected chi connectivity index (χ1v) is 5.45. The Bertz CT molecular complexity index is 368. The van der Waals surface area contributed by atoms with E-state index in [4.69, 9.17) is 0 Å². The molecule has 76 valence electrons. The molecule has 0 nitrogen and oxygen atoms in total. The lowest BCUT2D eigenvalue weighted by Gasteiger charge is -2.11. The maximum atomic E-state index is 12.5. The van der Waals surface area contributed by atoms with E-state index in [1.165, 1.54) is 6.07 Å². The summed E-state index contributed by atoms with van der Waals surface area (Å²) in [6.45, 7) is 0. The minimum Gasteiger partial charge on any atom is -0.166 e. The summed E-state index contributed by atoms with van der Waals surface area (Å²) < 4.78 is 37.9. The standard InChI is InChI=1S/C10H8F3I/c11-10(12,13)8-4-6-2-1-3-7(6)5-9(8)14/h4-5H,1-3H2. The highest BCUT2D eigenvalue weighted by Gasteiger charge is 2.34. The SMILES string of the molecule is FC(F)(F)c1cc2c(cc1I)CCC2. The van der Waals surface area contributed by atoms with E-state index in [0.29, 0.717) is 3.57 Å². The first-order chi connectivity index (χ1) is 6.48. The van der Waals surface area contributed by atoms with Crippen LogP contribution in [0.4, 0.5) is 13.2 Å². The van der Waals surface area contributed by atoms with Gasteiger partial charge in [-0.3, -0.25) is 0 Å². The van der Waals surface area contributed by atoms with Gasteiger partial charge in [0.1, 0.15) is 0 Å². The number of rotatable bonds is 0. The Morgan fingerprint density at radius 1 is 1.07 bits per heavy atom. The Hall–Kier alpha value is -0.260. The topological polar surface area (TPSA) is 0 Å². The molecule has 1 aromatic carbocycles. The van der Waals surface area contributed by atoms with Crippen LogP contribution in [-0.2, 0) is 19.0 Å². The predicted octanol–water partition coefficient (Wildman–Crippen LogP) is 3.80. The molecule has 0 aromatic heterocycles. The van der Waals surface area contributed by atoms with Crippen LogP contribution in [0.25, 0.3) is 0 Å². The van der Waals surface area contributed by atoms with Crippen LogP contribution in [0.2, 0.25) is 0 Å². The molecule has 1 aromatic rings. The molecule has 0 aliphatic heterocycles. The molecule has 14 heavy (non-hydrogen) atoms. The average molecular weight is 312 g/mol. The van der Waals surface area contributed by atoms with E-state index >= 15 is 0 Å². The van der Waals surface area contributed by atoms with Gasteiger partial charge in [-0.05, 0) is 65.1 Å². The number of aryl methyl sites for hydroxylation is 2. The minimum absolute atomic E-state index is 0.316. The smallest absolute Gasteiger partial charge is 0.166 e. The van der Waals surface area contributed by atoms with Crippen LogP contribution >= 0.6 is 22.6 Å². The first kappa shape index (κ1) is 10.3. The second-order valence-corrected chi connectivity index (χ2v) is 4.61. The monoisotopic (exact) mass is 312 g/mol. The molecule has 0 atom stereocenters. The molecule has 0 bridgehead atoms. The average Bonchev–Trinajstić information content (AvgIpc) is 2.47. The van der Waals surface area contributed by atoms with Gasteiger partial charge < -0.3 is 0 Å². The summed E-state index contributed by atoms with van der Waals surface area (Å²) in [5.74, 6) is 0. The van der Waals surface area contributed by atoms with Gasteiger partial charge in [0.15, 0.2) is 0 Å². The van der Waals surface area contributed by atoms with Crippen LogP contribution in [0.15, 0.2) is 12.1 Å². The lowest BCUT2D eigenvalue weighted by molar-refractivity contribution is -0.138. The van der Waals surface area contributed by atoms with E-state index in [0.717, 1.165) is 30.4 Å². The number of halogens is 4. The second kappa shape index (κ2) is 3.40. The highest BCUT2D eigenvalue weighted by Crippen LogP contribution is 2.36. The van der Waals surface area contributed by atoms with Gasteiger partial charge in [-0.15, -0.1) is 0 Å². The molecule has 0 radical (unpaired) electrons. The van der Waals surface area contributed by atoms with Gasteiger partial charge >= 0.3 is 6.18 Å². The van der Waals surface area contributed by atoms with Crippen LogP contribution in [-0.4, -0.2) is 0 Å². The van der Waals surface area contributed by atoms with Crippen molar-refractivity contribution in [2.75, 3.05) is 0 Å². The number of hydrogen-bond donors (Lipinski definition) is 0. The van der Waals surface area contributed by atoms with E-state index < -0.39 is 11.7 Å².